The van der Waals surface area contributed by atoms with Crippen LogP contribution in [-0.2, 0) is 0 Å². The minimum absolute atomic E-state index is 0.00787. The molecule has 19 heavy (non-hydrogen) atoms. The van der Waals surface area contributed by atoms with Crippen molar-refractivity contribution in [3.63, 3.8) is 0 Å². The van der Waals surface area contributed by atoms with Gasteiger partial charge in [-0.1, -0.05) is 0 Å². The maximum absolute atomic E-state index is 10.5. The standard InChI is InChI=1S/C12H10N4O3/c13-12(14)11-7-10(5-6-15-11)19-9-3-1-8(2-4-9)16(17)18/h1-7H,(H3,13,14). The molecule has 0 aliphatic heterocycles. The molecule has 0 fully saturated rings. The van der Waals surface area contributed by atoms with E-state index in [1.165, 1.54) is 36.5 Å². The molecule has 0 unspecified atom stereocenters. The van der Waals surface area contributed by atoms with Crippen LogP contribution in [0, 0.1) is 15.5 Å². The molecule has 96 valence electrons. The second kappa shape index (κ2) is 5.13. The molecular weight excluding hydrogens is 248 g/mol. The van der Waals surface area contributed by atoms with Gasteiger partial charge in [0.1, 0.15) is 23.0 Å². The van der Waals surface area contributed by atoms with Crippen LogP contribution < -0.4 is 10.5 Å². The number of benzene rings is 1. The van der Waals surface area contributed by atoms with Gasteiger partial charge in [0.25, 0.3) is 5.69 Å². The minimum Gasteiger partial charge on any atom is -0.457 e. The number of hydrogen-bond acceptors (Lipinski definition) is 5. The van der Waals surface area contributed by atoms with Crippen LogP contribution in [0.4, 0.5) is 5.69 Å². The van der Waals surface area contributed by atoms with Crippen LogP contribution in [-0.4, -0.2) is 15.7 Å². The van der Waals surface area contributed by atoms with Crippen LogP contribution in [0.2, 0.25) is 0 Å². The summed E-state index contributed by atoms with van der Waals surface area (Å²) in [5.74, 6) is 0.745. The molecular formula is C12H10N4O3. The fraction of sp³-hybridized carbons (Fsp3) is 0. The topological polar surface area (TPSA) is 115 Å². The largest absolute Gasteiger partial charge is 0.457 e. The lowest BCUT2D eigenvalue weighted by atomic mass is 10.3. The van der Waals surface area contributed by atoms with Crippen molar-refractivity contribution in [2.75, 3.05) is 0 Å². The summed E-state index contributed by atoms with van der Waals surface area (Å²) in [5.41, 5.74) is 5.62. The monoisotopic (exact) mass is 258 g/mol. The molecule has 3 N–H and O–H groups in total. The van der Waals surface area contributed by atoms with Gasteiger partial charge in [-0.2, -0.15) is 0 Å². The number of pyridine rings is 1. The number of nitrogens with zero attached hydrogens (tertiary/aromatic N) is 2. The van der Waals surface area contributed by atoms with E-state index >= 15 is 0 Å². The number of rotatable bonds is 4. The number of nitro benzene ring substituents is 1. The molecule has 0 spiro atoms. The summed E-state index contributed by atoms with van der Waals surface area (Å²) in [5, 5.41) is 17.8. The molecule has 7 heteroatoms. The van der Waals surface area contributed by atoms with Crippen molar-refractivity contribution in [1.82, 2.24) is 4.98 Å². The van der Waals surface area contributed by atoms with Crippen molar-refractivity contribution in [2.24, 2.45) is 5.73 Å². The Hall–Kier alpha value is -2.96. The third kappa shape index (κ3) is 3.03. The van der Waals surface area contributed by atoms with Gasteiger partial charge in [-0.15, -0.1) is 0 Å². The van der Waals surface area contributed by atoms with E-state index in [-0.39, 0.29) is 11.5 Å². The molecule has 2 aromatic rings. The summed E-state index contributed by atoms with van der Waals surface area (Å²) in [6.45, 7) is 0. The number of nitro groups is 1. The molecule has 1 heterocycles. The smallest absolute Gasteiger partial charge is 0.269 e. The minimum atomic E-state index is -0.482. The number of ether oxygens (including phenoxy) is 1. The Morgan fingerprint density at radius 3 is 2.53 bits per heavy atom. The SMILES string of the molecule is N=C(N)c1cc(Oc2ccc([N+](=O)[O-])cc2)ccn1. The van der Waals surface area contributed by atoms with Gasteiger partial charge in [-0.05, 0) is 18.2 Å². The first-order valence-electron chi connectivity index (χ1n) is 5.29. The Morgan fingerprint density at radius 2 is 1.95 bits per heavy atom. The molecule has 0 amide bonds. The molecule has 7 nitrogen and oxygen atoms in total. The molecule has 0 saturated carbocycles. The average molecular weight is 258 g/mol. The Bertz CT molecular complexity index is 625. The number of nitrogens with two attached hydrogens (primary N) is 1. The summed E-state index contributed by atoms with van der Waals surface area (Å²) in [4.78, 5) is 13.9. The van der Waals surface area contributed by atoms with Gasteiger partial charge in [0.2, 0.25) is 0 Å². The first-order valence-corrected chi connectivity index (χ1v) is 5.29. The van der Waals surface area contributed by atoms with Crippen LogP contribution in [0.3, 0.4) is 0 Å². The Morgan fingerprint density at radius 1 is 1.26 bits per heavy atom. The quantitative estimate of drug-likeness (QED) is 0.377. The lowest BCUT2D eigenvalue weighted by Crippen LogP contribution is -2.12. The second-order valence-electron chi connectivity index (χ2n) is 3.64. The molecule has 0 atom stereocenters. The maximum atomic E-state index is 10.5. The first kappa shape index (κ1) is 12.5. The predicted octanol–water partition coefficient (Wildman–Crippen LogP) is 2.07. The van der Waals surface area contributed by atoms with Crippen LogP contribution in [0.25, 0.3) is 0 Å². The Labute approximate surface area is 108 Å². The summed E-state index contributed by atoms with van der Waals surface area (Å²) in [6, 6.07) is 8.81. The summed E-state index contributed by atoms with van der Waals surface area (Å²) in [6.07, 6.45) is 1.47. The van der Waals surface area contributed by atoms with E-state index in [0.717, 1.165) is 0 Å². The van der Waals surface area contributed by atoms with Gasteiger partial charge in [0.15, 0.2) is 0 Å². The molecule has 0 bridgehead atoms. The lowest BCUT2D eigenvalue weighted by molar-refractivity contribution is -0.384. The highest BCUT2D eigenvalue weighted by Crippen LogP contribution is 2.23. The van der Waals surface area contributed by atoms with E-state index in [0.29, 0.717) is 17.2 Å². The van der Waals surface area contributed by atoms with Crippen molar-refractivity contribution in [3.8, 4) is 11.5 Å². The Kier molecular flexibility index (Phi) is 3.37. The molecule has 0 radical (unpaired) electrons. The third-order valence-electron chi connectivity index (χ3n) is 2.29. The van der Waals surface area contributed by atoms with Gasteiger partial charge in [0.05, 0.1) is 4.92 Å². The third-order valence-corrected chi connectivity index (χ3v) is 2.29. The highest BCUT2D eigenvalue weighted by Gasteiger charge is 2.06. The molecule has 1 aromatic heterocycles. The van der Waals surface area contributed by atoms with Crippen molar-refractivity contribution >= 4 is 11.5 Å². The first-order chi connectivity index (χ1) is 9.06. The zero-order valence-corrected chi connectivity index (χ0v) is 9.74. The van der Waals surface area contributed by atoms with Crippen molar-refractivity contribution in [2.45, 2.75) is 0 Å². The van der Waals surface area contributed by atoms with Gasteiger partial charge in [-0.3, -0.25) is 20.5 Å². The molecule has 0 saturated heterocycles. The molecule has 0 aliphatic carbocycles. The number of amidine groups is 1. The van der Waals surface area contributed by atoms with E-state index in [2.05, 4.69) is 4.98 Å². The lowest BCUT2D eigenvalue weighted by Gasteiger charge is -2.06. The normalized spacial score (nSPS) is 9.89. The number of aromatic nitrogens is 1. The van der Waals surface area contributed by atoms with Crippen molar-refractivity contribution < 1.29 is 9.66 Å². The van der Waals surface area contributed by atoms with Gasteiger partial charge in [-0.25, -0.2) is 0 Å². The highest BCUT2D eigenvalue weighted by molar-refractivity contribution is 5.93. The van der Waals surface area contributed by atoms with E-state index in [9.17, 15) is 10.1 Å². The van der Waals surface area contributed by atoms with Gasteiger partial charge >= 0.3 is 0 Å². The van der Waals surface area contributed by atoms with Gasteiger partial charge < -0.3 is 10.5 Å². The number of non-ortho nitro benzene ring substituents is 1. The number of nitrogen functional groups attached to an aromatic ring is 1. The fourth-order valence-electron chi connectivity index (χ4n) is 1.39. The Balaban J connectivity index is 2.19. The molecule has 0 aliphatic rings. The predicted molar refractivity (Wildman–Crippen MR) is 68.4 cm³/mol. The number of nitrogens with one attached hydrogen (secondary N) is 1. The average Bonchev–Trinajstić information content (AvgIpc) is 2.39. The van der Waals surface area contributed by atoms with E-state index in [4.69, 9.17) is 15.9 Å². The molecule has 1 aromatic carbocycles. The zero-order valence-electron chi connectivity index (χ0n) is 9.74. The number of hydrogen-bond donors (Lipinski definition) is 2. The van der Waals surface area contributed by atoms with Gasteiger partial charge in [0, 0.05) is 24.4 Å². The summed E-state index contributed by atoms with van der Waals surface area (Å²) in [7, 11) is 0. The van der Waals surface area contributed by atoms with E-state index in [1.54, 1.807) is 6.07 Å². The maximum Gasteiger partial charge on any atom is 0.269 e. The zero-order chi connectivity index (χ0) is 13.8. The van der Waals surface area contributed by atoms with Crippen LogP contribution in [0.15, 0.2) is 42.6 Å². The summed E-state index contributed by atoms with van der Waals surface area (Å²) < 4.78 is 5.49. The van der Waals surface area contributed by atoms with Crippen LogP contribution in [0.1, 0.15) is 5.69 Å². The molecule has 2 rings (SSSR count). The van der Waals surface area contributed by atoms with Crippen molar-refractivity contribution in [3.05, 3.63) is 58.4 Å². The van der Waals surface area contributed by atoms with Crippen molar-refractivity contribution in [1.29, 1.82) is 5.41 Å². The highest BCUT2D eigenvalue weighted by atomic mass is 16.6. The van der Waals surface area contributed by atoms with E-state index in [1.807, 2.05) is 0 Å². The van der Waals surface area contributed by atoms with E-state index < -0.39 is 4.92 Å². The summed E-state index contributed by atoms with van der Waals surface area (Å²) >= 11 is 0. The fourth-order valence-corrected chi connectivity index (χ4v) is 1.39. The van der Waals surface area contributed by atoms with Crippen LogP contribution >= 0.6 is 0 Å². The second-order valence-corrected chi connectivity index (χ2v) is 3.64. The van der Waals surface area contributed by atoms with Crippen LogP contribution in [0.5, 0.6) is 11.5 Å².